The maximum atomic E-state index is 11.6. The highest BCUT2D eigenvalue weighted by Gasteiger charge is 2.29. The van der Waals surface area contributed by atoms with Gasteiger partial charge in [0.05, 0.1) is 12.2 Å². The predicted molar refractivity (Wildman–Crippen MR) is 79.9 cm³/mol. The van der Waals surface area contributed by atoms with Crippen LogP contribution in [0.25, 0.3) is 0 Å². The summed E-state index contributed by atoms with van der Waals surface area (Å²) in [5, 5.41) is 0. The molecule has 1 aliphatic heterocycles. The number of ether oxygens (including phenoxy) is 1. The number of hydrogen-bond acceptors (Lipinski definition) is 4. The number of nitrogens with zero attached hydrogens (tertiary/aromatic N) is 2. The first kappa shape index (κ1) is 14.8. The Bertz CT molecular complexity index is 458. The molecule has 0 spiro atoms. The highest BCUT2D eigenvalue weighted by molar-refractivity contribution is 5.89. The van der Waals surface area contributed by atoms with Crippen LogP contribution in [0, 0.1) is 11.8 Å². The molecule has 1 aliphatic rings. The molecule has 110 valence electrons. The van der Waals surface area contributed by atoms with Gasteiger partial charge >= 0.3 is 5.97 Å². The van der Waals surface area contributed by atoms with Crippen LogP contribution in [0.2, 0.25) is 0 Å². The summed E-state index contributed by atoms with van der Waals surface area (Å²) >= 11 is 0. The first-order chi connectivity index (χ1) is 9.52. The van der Waals surface area contributed by atoms with Crippen LogP contribution in [0.15, 0.2) is 18.3 Å². The lowest BCUT2D eigenvalue weighted by molar-refractivity contribution is 0.0526. The number of esters is 1. The van der Waals surface area contributed by atoms with Gasteiger partial charge in [-0.25, -0.2) is 9.78 Å². The van der Waals surface area contributed by atoms with Gasteiger partial charge in [-0.1, -0.05) is 13.8 Å². The van der Waals surface area contributed by atoms with Crippen LogP contribution in [0.4, 0.5) is 5.82 Å². The van der Waals surface area contributed by atoms with Gasteiger partial charge in [-0.05, 0) is 44.2 Å². The van der Waals surface area contributed by atoms with Crippen LogP contribution < -0.4 is 4.90 Å². The Morgan fingerprint density at radius 2 is 2.15 bits per heavy atom. The molecule has 0 bridgehead atoms. The molecular weight excluding hydrogens is 252 g/mol. The van der Waals surface area contributed by atoms with Gasteiger partial charge in [-0.15, -0.1) is 0 Å². The molecule has 4 heteroatoms. The monoisotopic (exact) mass is 276 g/mol. The normalized spacial score (nSPS) is 26.4. The van der Waals surface area contributed by atoms with Gasteiger partial charge in [0.15, 0.2) is 0 Å². The zero-order valence-corrected chi connectivity index (χ0v) is 12.8. The lowest BCUT2D eigenvalue weighted by Gasteiger charge is -2.41. The Labute approximate surface area is 121 Å². The summed E-state index contributed by atoms with van der Waals surface area (Å²) in [5.74, 6) is 1.97. The van der Waals surface area contributed by atoms with Crippen molar-refractivity contribution in [2.75, 3.05) is 18.1 Å². The van der Waals surface area contributed by atoms with Crippen molar-refractivity contribution in [1.29, 1.82) is 0 Å². The van der Waals surface area contributed by atoms with E-state index in [4.69, 9.17) is 4.74 Å². The number of aromatic nitrogens is 1. The van der Waals surface area contributed by atoms with E-state index >= 15 is 0 Å². The number of hydrogen-bond donors (Lipinski definition) is 0. The van der Waals surface area contributed by atoms with Gasteiger partial charge in [0.1, 0.15) is 5.82 Å². The van der Waals surface area contributed by atoms with Crippen LogP contribution in [0.3, 0.4) is 0 Å². The Balaban J connectivity index is 2.14. The van der Waals surface area contributed by atoms with Crippen molar-refractivity contribution in [2.45, 2.75) is 40.2 Å². The number of rotatable bonds is 3. The minimum Gasteiger partial charge on any atom is -0.462 e. The lowest BCUT2D eigenvalue weighted by atomic mass is 9.86. The van der Waals surface area contributed by atoms with E-state index in [0.29, 0.717) is 30.0 Å². The van der Waals surface area contributed by atoms with Crippen molar-refractivity contribution in [3.05, 3.63) is 23.9 Å². The van der Waals surface area contributed by atoms with E-state index in [1.54, 1.807) is 19.2 Å². The molecule has 20 heavy (non-hydrogen) atoms. The second-order valence-corrected chi connectivity index (χ2v) is 5.84. The number of piperidine rings is 1. The fourth-order valence-corrected chi connectivity index (χ4v) is 2.91. The van der Waals surface area contributed by atoms with Crippen molar-refractivity contribution in [2.24, 2.45) is 11.8 Å². The van der Waals surface area contributed by atoms with Crippen molar-refractivity contribution < 1.29 is 9.53 Å². The maximum absolute atomic E-state index is 11.6. The fourth-order valence-electron chi connectivity index (χ4n) is 2.91. The highest BCUT2D eigenvalue weighted by Crippen LogP contribution is 2.30. The molecule has 0 aromatic carbocycles. The van der Waals surface area contributed by atoms with Crippen molar-refractivity contribution in [1.82, 2.24) is 4.98 Å². The molecule has 0 aliphatic carbocycles. The van der Waals surface area contributed by atoms with Crippen LogP contribution in [-0.4, -0.2) is 30.1 Å². The molecular formula is C16H24N2O2. The standard InChI is InChI=1S/C16H24N2O2/c1-5-20-16(19)14-6-7-15(17-9-14)18-10-11(2)8-12(3)13(18)4/h6-7,9,11-13H,5,8,10H2,1-4H3. The van der Waals surface area contributed by atoms with Gasteiger partial charge in [0.25, 0.3) is 0 Å². The Morgan fingerprint density at radius 3 is 2.75 bits per heavy atom. The van der Waals surface area contributed by atoms with Gasteiger partial charge in [0, 0.05) is 18.8 Å². The summed E-state index contributed by atoms with van der Waals surface area (Å²) < 4.78 is 4.98. The third-order valence-corrected chi connectivity index (χ3v) is 4.15. The second kappa shape index (κ2) is 6.25. The zero-order valence-electron chi connectivity index (χ0n) is 12.8. The van der Waals surface area contributed by atoms with E-state index in [0.717, 1.165) is 12.4 Å². The van der Waals surface area contributed by atoms with Gasteiger partial charge < -0.3 is 9.64 Å². The third kappa shape index (κ3) is 3.11. The lowest BCUT2D eigenvalue weighted by Crippen LogP contribution is -2.46. The van der Waals surface area contributed by atoms with Crippen LogP contribution in [0.5, 0.6) is 0 Å². The second-order valence-electron chi connectivity index (χ2n) is 5.84. The third-order valence-electron chi connectivity index (χ3n) is 4.15. The van der Waals surface area contributed by atoms with Crippen molar-refractivity contribution >= 4 is 11.8 Å². The number of pyridine rings is 1. The van der Waals surface area contributed by atoms with Crippen LogP contribution >= 0.6 is 0 Å². The summed E-state index contributed by atoms with van der Waals surface area (Å²) in [6, 6.07) is 4.21. The van der Waals surface area contributed by atoms with E-state index in [2.05, 4.69) is 30.7 Å². The number of carbonyl (C=O) groups excluding carboxylic acids is 1. The van der Waals surface area contributed by atoms with Crippen molar-refractivity contribution in [3.8, 4) is 0 Å². The van der Waals surface area contributed by atoms with E-state index in [9.17, 15) is 4.79 Å². The zero-order chi connectivity index (χ0) is 14.7. The molecule has 0 radical (unpaired) electrons. The first-order valence-electron chi connectivity index (χ1n) is 7.42. The number of carbonyl (C=O) groups is 1. The van der Waals surface area contributed by atoms with E-state index in [-0.39, 0.29) is 5.97 Å². The summed E-state index contributed by atoms with van der Waals surface area (Å²) in [5.41, 5.74) is 0.515. The number of anilines is 1. The molecule has 3 unspecified atom stereocenters. The molecule has 2 rings (SSSR count). The Morgan fingerprint density at radius 1 is 1.40 bits per heavy atom. The summed E-state index contributed by atoms with van der Waals surface area (Å²) in [7, 11) is 0. The summed E-state index contributed by atoms with van der Waals surface area (Å²) in [6.45, 7) is 10.0. The Hall–Kier alpha value is -1.58. The minimum atomic E-state index is -0.306. The smallest absolute Gasteiger partial charge is 0.339 e. The molecule has 4 nitrogen and oxygen atoms in total. The molecule has 0 amide bonds. The largest absolute Gasteiger partial charge is 0.462 e. The average molecular weight is 276 g/mol. The van der Waals surface area contributed by atoms with Crippen LogP contribution in [-0.2, 0) is 4.74 Å². The predicted octanol–water partition coefficient (Wildman–Crippen LogP) is 3.13. The van der Waals surface area contributed by atoms with E-state index < -0.39 is 0 Å². The quantitative estimate of drug-likeness (QED) is 0.795. The molecule has 0 saturated carbocycles. The highest BCUT2D eigenvalue weighted by atomic mass is 16.5. The summed E-state index contributed by atoms with van der Waals surface area (Å²) in [6.07, 6.45) is 2.88. The van der Waals surface area contributed by atoms with Gasteiger partial charge in [0.2, 0.25) is 0 Å². The molecule has 1 fully saturated rings. The molecule has 2 heterocycles. The molecule has 3 atom stereocenters. The van der Waals surface area contributed by atoms with Crippen molar-refractivity contribution in [3.63, 3.8) is 0 Å². The topological polar surface area (TPSA) is 42.4 Å². The summed E-state index contributed by atoms with van der Waals surface area (Å²) in [4.78, 5) is 18.4. The SMILES string of the molecule is CCOC(=O)c1ccc(N2CC(C)CC(C)C2C)nc1. The van der Waals surface area contributed by atoms with Gasteiger partial charge in [-0.3, -0.25) is 0 Å². The van der Waals surface area contributed by atoms with Gasteiger partial charge in [-0.2, -0.15) is 0 Å². The molecule has 0 N–H and O–H groups in total. The van der Waals surface area contributed by atoms with Crippen LogP contribution in [0.1, 0.15) is 44.5 Å². The van der Waals surface area contributed by atoms with E-state index in [1.807, 2.05) is 6.07 Å². The Kier molecular flexibility index (Phi) is 4.63. The maximum Gasteiger partial charge on any atom is 0.339 e. The van der Waals surface area contributed by atoms with E-state index in [1.165, 1.54) is 6.42 Å². The molecule has 1 aromatic heterocycles. The average Bonchev–Trinajstić information content (AvgIpc) is 2.43. The first-order valence-corrected chi connectivity index (χ1v) is 7.42. The molecule has 1 aromatic rings. The fraction of sp³-hybridized carbons (Fsp3) is 0.625. The minimum absolute atomic E-state index is 0.306. The molecule has 1 saturated heterocycles.